The number of hydrogen-bond donors (Lipinski definition) is 2. The molecular weight excluding hydrogens is 322 g/mol. The molecule has 130 valence electrons. The lowest BCUT2D eigenvalue weighted by molar-refractivity contribution is -0.162. The third kappa shape index (κ3) is 4.99. The number of rotatable bonds is 6. The molecule has 0 spiro atoms. The van der Waals surface area contributed by atoms with Gasteiger partial charge in [0.25, 0.3) is 5.91 Å². The lowest BCUT2D eigenvalue weighted by Gasteiger charge is -2.16. The number of hydrogen-bond acceptors (Lipinski definition) is 5. The number of nitrogens with one attached hydrogen (secondary N) is 1. The Morgan fingerprint density at radius 3 is 2.16 bits per heavy atom. The minimum absolute atomic E-state index is 0.0740. The van der Waals surface area contributed by atoms with Gasteiger partial charge in [-0.15, -0.1) is 0 Å². The Bertz CT molecular complexity index is 755. The molecule has 0 saturated carbocycles. The van der Waals surface area contributed by atoms with E-state index in [4.69, 9.17) is 4.74 Å². The van der Waals surface area contributed by atoms with Crippen LogP contribution < -0.4 is 5.32 Å². The van der Waals surface area contributed by atoms with Crippen molar-refractivity contribution in [1.82, 2.24) is 0 Å². The van der Waals surface area contributed by atoms with Crippen molar-refractivity contribution >= 4 is 23.3 Å². The fraction of sp³-hybridized carbons (Fsp3) is 0.211. The van der Waals surface area contributed by atoms with E-state index in [1.807, 2.05) is 0 Å². The Morgan fingerprint density at radius 1 is 1.00 bits per heavy atom. The van der Waals surface area contributed by atoms with Gasteiger partial charge >= 0.3 is 5.97 Å². The Labute approximate surface area is 145 Å². The molecule has 0 aliphatic heterocycles. The smallest absolute Gasteiger partial charge is 0.340 e. The van der Waals surface area contributed by atoms with Gasteiger partial charge in [0.15, 0.2) is 18.0 Å². The summed E-state index contributed by atoms with van der Waals surface area (Å²) in [6.07, 6.45) is -2.54. The Kier molecular flexibility index (Phi) is 6.03. The van der Waals surface area contributed by atoms with Crippen LogP contribution >= 0.6 is 0 Å². The SMILES string of the molecule is CC(=O)c1ccc(NC(=O)[C@H](C)OC(=O)[C@H](O)c2ccccc2)cc1. The first-order valence-electron chi connectivity index (χ1n) is 7.74. The molecule has 25 heavy (non-hydrogen) atoms. The summed E-state index contributed by atoms with van der Waals surface area (Å²) in [6.45, 7) is 2.86. The number of benzene rings is 2. The van der Waals surface area contributed by atoms with Gasteiger partial charge in [0.05, 0.1) is 0 Å². The molecule has 2 aromatic rings. The number of esters is 1. The van der Waals surface area contributed by atoms with E-state index in [0.29, 0.717) is 16.8 Å². The van der Waals surface area contributed by atoms with E-state index in [0.717, 1.165) is 0 Å². The molecule has 0 radical (unpaired) electrons. The first-order chi connectivity index (χ1) is 11.9. The number of carbonyl (C=O) groups excluding carboxylic acids is 3. The van der Waals surface area contributed by atoms with Crippen LogP contribution in [0.4, 0.5) is 5.69 Å². The molecule has 2 atom stereocenters. The van der Waals surface area contributed by atoms with Crippen molar-refractivity contribution in [3.05, 3.63) is 65.7 Å². The zero-order chi connectivity index (χ0) is 18.4. The minimum Gasteiger partial charge on any atom is -0.450 e. The predicted molar refractivity (Wildman–Crippen MR) is 92.0 cm³/mol. The van der Waals surface area contributed by atoms with E-state index < -0.39 is 24.1 Å². The van der Waals surface area contributed by atoms with Crippen molar-refractivity contribution in [1.29, 1.82) is 0 Å². The average Bonchev–Trinajstić information content (AvgIpc) is 2.62. The topological polar surface area (TPSA) is 92.7 Å². The van der Waals surface area contributed by atoms with Gasteiger partial charge in [0, 0.05) is 11.3 Å². The van der Waals surface area contributed by atoms with Crippen LogP contribution in [0.3, 0.4) is 0 Å². The van der Waals surface area contributed by atoms with Gasteiger partial charge in [-0.05, 0) is 43.7 Å². The van der Waals surface area contributed by atoms with E-state index in [9.17, 15) is 19.5 Å². The second kappa shape index (κ2) is 8.21. The molecule has 0 aliphatic rings. The van der Waals surface area contributed by atoms with Crippen molar-refractivity contribution in [2.24, 2.45) is 0 Å². The molecule has 6 heteroatoms. The molecule has 0 heterocycles. The molecule has 2 N–H and O–H groups in total. The second-order valence-electron chi connectivity index (χ2n) is 5.52. The number of carbonyl (C=O) groups is 3. The van der Waals surface area contributed by atoms with Gasteiger partial charge in [-0.1, -0.05) is 30.3 Å². The highest BCUT2D eigenvalue weighted by molar-refractivity contribution is 5.97. The number of aliphatic hydroxyl groups is 1. The summed E-state index contributed by atoms with van der Waals surface area (Å²) < 4.78 is 5.01. The lowest BCUT2D eigenvalue weighted by atomic mass is 10.1. The van der Waals surface area contributed by atoms with Crippen molar-refractivity contribution in [2.75, 3.05) is 5.32 Å². The molecule has 2 rings (SSSR count). The van der Waals surface area contributed by atoms with Gasteiger partial charge in [0.1, 0.15) is 0 Å². The summed E-state index contributed by atoms with van der Waals surface area (Å²) in [7, 11) is 0. The van der Waals surface area contributed by atoms with Crippen LogP contribution in [0.1, 0.15) is 35.9 Å². The maximum Gasteiger partial charge on any atom is 0.340 e. The van der Waals surface area contributed by atoms with Gasteiger partial charge < -0.3 is 15.2 Å². The quantitative estimate of drug-likeness (QED) is 0.622. The summed E-state index contributed by atoms with van der Waals surface area (Å²) >= 11 is 0. The van der Waals surface area contributed by atoms with Crippen LogP contribution in [-0.2, 0) is 14.3 Å². The largest absolute Gasteiger partial charge is 0.450 e. The van der Waals surface area contributed by atoms with Crippen molar-refractivity contribution in [2.45, 2.75) is 26.1 Å². The molecule has 0 aromatic heterocycles. The standard InChI is InChI=1S/C19H19NO5/c1-12(21)14-8-10-16(11-9-14)20-18(23)13(2)25-19(24)17(22)15-6-4-3-5-7-15/h3-11,13,17,22H,1-2H3,(H,20,23)/t13-,17+/m0/s1. The van der Waals surface area contributed by atoms with Crippen LogP contribution in [0.25, 0.3) is 0 Å². The third-order valence-electron chi connectivity index (χ3n) is 3.56. The van der Waals surface area contributed by atoms with Crippen LogP contribution in [0, 0.1) is 0 Å². The van der Waals surface area contributed by atoms with Gasteiger partial charge in [-0.2, -0.15) is 0 Å². The number of ketones is 1. The van der Waals surface area contributed by atoms with Gasteiger partial charge in [-0.25, -0.2) is 4.79 Å². The minimum atomic E-state index is -1.45. The molecule has 0 saturated heterocycles. The fourth-order valence-corrected chi connectivity index (χ4v) is 2.10. The zero-order valence-corrected chi connectivity index (χ0v) is 13.9. The Balaban J connectivity index is 1.93. The normalized spacial score (nSPS) is 12.8. The van der Waals surface area contributed by atoms with Crippen LogP contribution in [0.5, 0.6) is 0 Å². The highest BCUT2D eigenvalue weighted by atomic mass is 16.6. The highest BCUT2D eigenvalue weighted by Crippen LogP contribution is 2.15. The predicted octanol–water partition coefficient (Wildman–Crippen LogP) is 2.49. The number of ether oxygens (including phenoxy) is 1. The highest BCUT2D eigenvalue weighted by Gasteiger charge is 2.24. The van der Waals surface area contributed by atoms with Crippen molar-refractivity contribution in [3.8, 4) is 0 Å². The number of amides is 1. The number of Topliss-reactive ketones (excluding diaryl/α,β-unsaturated/α-hetero) is 1. The molecule has 2 aromatic carbocycles. The molecule has 0 fully saturated rings. The van der Waals surface area contributed by atoms with Gasteiger partial charge in [-0.3, -0.25) is 9.59 Å². The average molecular weight is 341 g/mol. The van der Waals surface area contributed by atoms with Crippen molar-refractivity contribution in [3.63, 3.8) is 0 Å². The first-order valence-corrected chi connectivity index (χ1v) is 7.74. The fourth-order valence-electron chi connectivity index (χ4n) is 2.10. The van der Waals surface area contributed by atoms with Crippen LogP contribution in [-0.4, -0.2) is 28.9 Å². The first kappa shape index (κ1) is 18.4. The van der Waals surface area contributed by atoms with Crippen LogP contribution in [0.15, 0.2) is 54.6 Å². The van der Waals surface area contributed by atoms with Crippen molar-refractivity contribution < 1.29 is 24.2 Å². The van der Waals surface area contributed by atoms with E-state index in [1.54, 1.807) is 54.6 Å². The molecule has 1 amide bonds. The Morgan fingerprint density at radius 2 is 1.60 bits per heavy atom. The molecule has 6 nitrogen and oxygen atoms in total. The molecule has 0 aliphatic carbocycles. The van der Waals surface area contributed by atoms with E-state index in [1.165, 1.54) is 13.8 Å². The molecular formula is C19H19NO5. The maximum atomic E-state index is 12.1. The van der Waals surface area contributed by atoms with E-state index in [2.05, 4.69) is 5.32 Å². The summed E-state index contributed by atoms with van der Waals surface area (Å²) in [6, 6.07) is 14.7. The van der Waals surface area contributed by atoms with Crippen LogP contribution in [0.2, 0.25) is 0 Å². The second-order valence-corrected chi connectivity index (χ2v) is 5.52. The Hall–Kier alpha value is -2.99. The number of aliphatic hydroxyl groups excluding tert-OH is 1. The number of anilines is 1. The van der Waals surface area contributed by atoms with Gasteiger partial charge in [0.2, 0.25) is 0 Å². The summed E-state index contributed by atoms with van der Waals surface area (Å²) in [5, 5.41) is 12.5. The molecule has 0 bridgehead atoms. The maximum absolute atomic E-state index is 12.1. The lowest BCUT2D eigenvalue weighted by Crippen LogP contribution is -2.31. The summed E-state index contributed by atoms with van der Waals surface area (Å²) in [4.78, 5) is 35.3. The van der Waals surface area contributed by atoms with E-state index >= 15 is 0 Å². The summed E-state index contributed by atoms with van der Waals surface area (Å²) in [5.41, 5.74) is 1.39. The van der Waals surface area contributed by atoms with E-state index in [-0.39, 0.29) is 5.78 Å². The third-order valence-corrected chi connectivity index (χ3v) is 3.56. The molecule has 0 unspecified atom stereocenters. The summed E-state index contributed by atoms with van der Waals surface area (Å²) in [5.74, 6) is -1.51. The zero-order valence-electron chi connectivity index (χ0n) is 13.9. The monoisotopic (exact) mass is 341 g/mol.